The predicted molar refractivity (Wildman–Crippen MR) is 155 cm³/mol. The summed E-state index contributed by atoms with van der Waals surface area (Å²) in [7, 11) is -2.27. The molecule has 2 aromatic carbocycles. The Hall–Kier alpha value is -3.70. The molecule has 0 spiro atoms. The molecule has 0 aliphatic carbocycles. The highest BCUT2D eigenvalue weighted by Crippen LogP contribution is 2.38. The molecule has 9 nitrogen and oxygen atoms in total. The van der Waals surface area contributed by atoms with Gasteiger partial charge in [0.1, 0.15) is 19.0 Å². The van der Waals surface area contributed by atoms with Gasteiger partial charge in [0.2, 0.25) is 5.88 Å². The molecule has 0 saturated heterocycles. The third-order valence-corrected chi connectivity index (χ3v) is 7.63. The van der Waals surface area contributed by atoms with E-state index in [1.165, 1.54) is 4.68 Å². The minimum atomic E-state index is -3.92. The van der Waals surface area contributed by atoms with E-state index in [1.807, 2.05) is 36.4 Å². The Morgan fingerprint density at radius 2 is 1.62 bits per heavy atom. The maximum Gasteiger partial charge on any atom is 0.316 e. The van der Waals surface area contributed by atoms with Crippen LogP contribution in [0.2, 0.25) is 0 Å². The van der Waals surface area contributed by atoms with E-state index in [1.54, 1.807) is 37.7 Å². The van der Waals surface area contributed by atoms with Crippen molar-refractivity contribution in [2.75, 3.05) is 17.9 Å². The van der Waals surface area contributed by atoms with Crippen LogP contribution in [0.4, 0.5) is 5.82 Å². The van der Waals surface area contributed by atoms with Crippen LogP contribution >= 0.6 is 15.9 Å². The zero-order valence-corrected chi connectivity index (χ0v) is 24.6. The van der Waals surface area contributed by atoms with Gasteiger partial charge in [0, 0.05) is 19.4 Å². The lowest BCUT2D eigenvalue weighted by atomic mass is 9.87. The minimum absolute atomic E-state index is 0.0953. The van der Waals surface area contributed by atoms with Gasteiger partial charge < -0.3 is 9.47 Å². The second kappa shape index (κ2) is 11.6. The number of ether oxygens (including phenoxy) is 2. The van der Waals surface area contributed by atoms with Crippen molar-refractivity contribution in [3.8, 4) is 23.0 Å². The zero-order valence-electron chi connectivity index (χ0n) is 22.2. The molecule has 0 aliphatic heterocycles. The molecule has 0 fully saturated rings. The quantitative estimate of drug-likeness (QED) is 0.224. The summed E-state index contributed by atoms with van der Waals surface area (Å²) in [4.78, 5) is 8.29. The third-order valence-electron chi connectivity index (χ3n) is 5.86. The smallest absolute Gasteiger partial charge is 0.316 e. The molecule has 0 saturated carbocycles. The van der Waals surface area contributed by atoms with Crippen molar-refractivity contribution in [2.45, 2.75) is 31.1 Å². The van der Waals surface area contributed by atoms with E-state index in [0.717, 1.165) is 21.2 Å². The van der Waals surface area contributed by atoms with Crippen LogP contribution in [0.5, 0.6) is 11.9 Å². The molecule has 39 heavy (non-hydrogen) atoms. The number of hydrogen-bond donors (Lipinski definition) is 1. The normalized spacial score (nSPS) is 11.7. The van der Waals surface area contributed by atoms with E-state index in [-0.39, 0.29) is 41.2 Å². The van der Waals surface area contributed by atoms with Crippen molar-refractivity contribution in [3.05, 3.63) is 83.1 Å². The topological polar surface area (TPSA) is 108 Å². The van der Waals surface area contributed by atoms with Crippen LogP contribution in [0.15, 0.2) is 76.9 Å². The molecule has 0 atom stereocenters. The van der Waals surface area contributed by atoms with Crippen molar-refractivity contribution in [1.82, 2.24) is 19.7 Å². The first-order valence-electron chi connectivity index (χ1n) is 12.1. The molecule has 4 aromatic rings. The van der Waals surface area contributed by atoms with Crippen LogP contribution in [0.25, 0.3) is 17.2 Å². The number of aromatic nitrogens is 4. The summed E-state index contributed by atoms with van der Waals surface area (Å²) in [6.07, 6.45) is 4.90. The fourth-order valence-corrected chi connectivity index (χ4v) is 5.04. The minimum Gasteiger partial charge on any atom is -0.472 e. The van der Waals surface area contributed by atoms with Crippen LogP contribution < -0.4 is 14.2 Å². The Labute approximate surface area is 237 Å². The van der Waals surface area contributed by atoms with Crippen LogP contribution in [-0.4, -0.2) is 41.4 Å². The number of anilines is 1. The van der Waals surface area contributed by atoms with Gasteiger partial charge in [-0.2, -0.15) is 0 Å². The van der Waals surface area contributed by atoms with Gasteiger partial charge in [0.25, 0.3) is 10.0 Å². The molecule has 204 valence electrons. The van der Waals surface area contributed by atoms with Crippen LogP contribution in [0, 0.1) is 0 Å². The lowest BCUT2D eigenvalue weighted by Gasteiger charge is -2.19. The summed E-state index contributed by atoms with van der Waals surface area (Å²) >= 11 is 3.28. The van der Waals surface area contributed by atoms with Gasteiger partial charge in [-0.15, -0.1) is 5.10 Å². The summed E-state index contributed by atoms with van der Waals surface area (Å²) < 4.78 is 43.2. The SMILES string of the molecule is C=Cc1ccc(-c2c(OCCOc3ncc(Br)cn3)nn(C)c2NS(=O)(=O)c2ccc(C(C)(C)C)cc2)cc1. The second-order valence-electron chi connectivity index (χ2n) is 9.74. The van der Waals surface area contributed by atoms with E-state index in [0.29, 0.717) is 5.56 Å². The number of benzene rings is 2. The van der Waals surface area contributed by atoms with E-state index in [4.69, 9.17) is 9.47 Å². The Bertz CT molecular complexity index is 1540. The van der Waals surface area contributed by atoms with Crippen molar-refractivity contribution >= 4 is 37.8 Å². The average Bonchev–Trinajstić information content (AvgIpc) is 3.21. The van der Waals surface area contributed by atoms with Gasteiger partial charge >= 0.3 is 6.01 Å². The Morgan fingerprint density at radius 3 is 2.21 bits per heavy atom. The van der Waals surface area contributed by atoms with Crippen molar-refractivity contribution in [2.24, 2.45) is 7.05 Å². The van der Waals surface area contributed by atoms with E-state index >= 15 is 0 Å². The maximum absolute atomic E-state index is 13.4. The third kappa shape index (κ3) is 6.85. The van der Waals surface area contributed by atoms with Crippen molar-refractivity contribution in [1.29, 1.82) is 0 Å². The van der Waals surface area contributed by atoms with E-state index < -0.39 is 10.0 Å². The van der Waals surface area contributed by atoms with Gasteiger partial charge in [-0.25, -0.2) is 23.1 Å². The number of hydrogen-bond acceptors (Lipinski definition) is 7. The molecule has 0 aliphatic rings. The monoisotopic (exact) mass is 611 g/mol. The predicted octanol–water partition coefficient (Wildman–Crippen LogP) is 5.84. The molecule has 2 heterocycles. The number of nitrogens with one attached hydrogen (secondary N) is 1. The lowest BCUT2D eigenvalue weighted by Crippen LogP contribution is -2.17. The fourth-order valence-electron chi connectivity index (χ4n) is 3.73. The summed E-state index contributed by atoms with van der Waals surface area (Å²) in [6, 6.07) is 14.6. The Kier molecular flexibility index (Phi) is 8.41. The van der Waals surface area contributed by atoms with Gasteiger partial charge in [-0.05, 0) is 50.2 Å². The number of rotatable bonds is 10. The van der Waals surface area contributed by atoms with Crippen LogP contribution in [-0.2, 0) is 22.5 Å². The summed E-state index contributed by atoms with van der Waals surface area (Å²) in [5.74, 6) is 0.526. The number of nitrogens with zero attached hydrogens (tertiary/aromatic N) is 4. The molecule has 0 unspecified atom stereocenters. The molecule has 0 bridgehead atoms. The highest BCUT2D eigenvalue weighted by Gasteiger charge is 2.25. The van der Waals surface area contributed by atoms with Gasteiger partial charge in [0.05, 0.1) is 14.9 Å². The maximum atomic E-state index is 13.4. The summed E-state index contributed by atoms with van der Waals surface area (Å²) in [6.45, 7) is 10.3. The Morgan fingerprint density at radius 1 is 1.00 bits per heavy atom. The van der Waals surface area contributed by atoms with Crippen LogP contribution in [0.3, 0.4) is 0 Å². The largest absolute Gasteiger partial charge is 0.472 e. The summed E-state index contributed by atoms with van der Waals surface area (Å²) in [5, 5.41) is 4.46. The van der Waals surface area contributed by atoms with Crippen LogP contribution in [0.1, 0.15) is 31.9 Å². The standard InChI is InChI=1S/C28H30BrN5O4S/c1-6-19-7-9-20(10-8-19)24-25(33-39(35,36)23-13-11-21(12-14-23)28(2,3)4)34(5)32-26(24)37-15-16-38-27-30-17-22(29)18-31-27/h6-14,17-18,33H,1,15-16H2,2-5H3. The highest BCUT2D eigenvalue weighted by molar-refractivity contribution is 9.10. The highest BCUT2D eigenvalue weighted by atomic mass is 79.9. The van der Waals surface area contributed by atoms with E-state index in [2.05, 4.69) is 63.1 Å². The molecular formula is C28H30BrN5O4S. The lowest BCUT2D eigenvalue weighted by molar-refractivity contribution is 0.201. The molecule has 1 N–H and O–H groups in total. The zero-order chi connectivity index (χ0) is 28.2. The molecule has 0 amide bonds. The van der Waals surface area contributed by atoms with Gasteiger partial charge in [-0.3, -0.25) is 4.72 Å². The van der Waals surface area contributed by atoms with Crippen molar-refractivity contribution in [3.63, 3.8) is 0 Å². The first kappa shape index (κ1) is 28.3. The number of aryl methyl sites for hydroxylation is 1. The molecule has 11 heteroatoms. The average molecular weight is 613 g/mol. The number of halogens is 1. The number of sulfonamides is 1. The molecule has 4 rings (SSSR count). The Balaban J connectivity index is 1.62. The molecular weight excluding hydrogens is 582 g/mol. The second-order valence-corrected chi connectivity index (χ2v) is 12.3. The fraction of sp³-hybridized carbons (Fsp3) is 0.250. The molecule has 2 aromatic heterocycles. The van der Waals surface area contributed by atoms with Crippen molar-refractivity contribution < 1.29 is 17.9 Å². The molecule has 0 radical (unpaired) electrons. The summed E-state index contributed by atoms with van der Waals surface area (Å²) in [5.41, 5.74) is 3.09. The van der Waals surface area contributed by atoms with Gasteiger partial charge in [-0.1, -0.05) is 69.8 Å². The first-order valence-corrected chi connectivity index (χ1v) is 14.4. The van der Waals surface area contributed by atoms with Gasteiger partial charge in [0.15, 0.2) is 0 Å². The first-order chi connectivity index (χ1) is 18.5. The van der Waals surface area contributed by atoms with E-state index in [9.17, 15) is 8.42 Å².